The summed E-state index contributed by atoms with van der Waals surface area (Å²) in [7, 11) is 0. The molecule has 1 heteroatoms. The van der Waals surface area contributed by atoms with Crippen LogP contribution in [0.2, 0.25) is 0 Å². The fraction of sp³-hybridized carbons (Fsp3) is 0.400. The average Bonchev–Trinajstić information content (AvgIpc) is 2.37. The summed E-state index contributed by atoms with van der Waals surface area (Å²) in [6.45, 7) is 13.5. The Labute approximate surface area is 142 Å². The molecule has 0 aliphatic carbocycles. The molecular formula is C20H27Li. The van der Waals surface area contributed by atoms with E-state index in [-0.39, 0.29) is 29.7 Å². The van der Waals surface area contributed by atoms with Crippen molar-refractivity contribution in [2.75, 3.05) is 0 Å². The van der Waals surface area contributed by atoms with E-state index in [2.05, 4.69) is 90.1 Å². The fourth-order valence-electron chi connectivity index (χ4n) is 2.33. The SMILES string of the molecule is CC(C)(C)c1ccc(-c2ccc(C(C)(C)C)cc2)cc1.[LiH]. The van der Waals surface area contributed by atoms with Gasteiger partial charge in [0.2, 0.25) is 0 Å². The van der Waals surface area contributed by atoms with Gasteiger partial charge in [0.05, 0.1) is 0 Å². The summed E-state index contributed by atoms with van der Waals surface area (Å²) in [5.41, 5.74) is 5.78. The van der Waals surface area contributed by atoms with Gasteiger partial charge in [0.25, 0.3) is 0 Å². The minimum atomic E-state index is 0. The van der Waals surface area contributed by atoms with Crippen LogP contribution in [0.4, 0.5) is 0 Å². The Morgan fingerprint density at radius 2 is 0.714 bits per heavy atom. The van der Waals surface area contributed by atoms with E-state index in [1.165, 1.54) is 22.3 Å². The molecule has 0 bridgehead atoms. The van der Waals surface area contributed by atoms with E-state index in [0.717, 1.165) is 0 Å². The fourth-order valence-corrected chi connectivity index (χ4v) is 2.33. The Morgan fingerprint density at radius 1 is 0.476 bits per heavy atom. The van der Waals surface area contributed by atoms with E-state index >= 15 is 0 Å². The monoisotopic (exact) mass is 274 g/mol. The van der Waals surface area contributed by atoms with Crippen LogP contribution in [-0.2, 0) is 10.8 Å². The molecule has 21 heavy (non-hydrogen) atoms. The summed E-state index contributed by atoms with van der Waals surface area (Å²) in [5.74, 6) is 0. The molecule has 0 aliphatic rings. The van der Waals surface area contributed by atoms with Crippen molar-refractivity contribution in [1.82, 2.24) is 0 Å². The quantitative estimate of drug-likeness (QED) is 0.619. The van der Waals surface area contributed by atoms with Crippen LogP contribution in [0.1, 0.15) is 52.7 Å². The van der Waals surface area contributed by atoms with Crippen molar-refractivity contribution in [2.45, 2.75) is 52.4 Å². The number of hydrogen-bond donors (Lipinski definition) is 0. The van der Waals surface area contributed by atoms with Crippen LogP contribution < -0.4 is 0 Å². The second-order valence-corrected chi connectivity index (χ2v) is 7.65. The van der Waals surface area contributed by atoms with Crippen molar-refractivity contribution < 1.29 is 0 Å². The molecule has 0 aromatic heterocycles. The third-order valence-electron chi connectivity index (χ3n) is 3.84. The molecule has 0 nitrogen and oxygen atoms in total. The molecule has 108 valence electrons. The zero-order chi connectivity index (χ0) is 15.0. The van der Waals surface area contributed by atoms with Gasteiger partial charge >= 0.3 is 18.9 Å². The number of rotatable bonds is 1. The summed E-state index contributed by atoms with van der Waals surface area (Å²) in [4.78, 5) is 0. The zero-order valence-corrected chi connectivity index (χ0v) is 13.6. The molecule has 0 amide bonds. The maximum atomic E-state index is 2.25. The molecule has 0 saturated heterocycles. The molecule has 0 heterocycles. The van der Waals surface area contributed by atoms with Gasteiger partial charge in [0.15, 0.2) is 0 Å². The second-order valence-electron chi connectivity index (χ2n) is 7.65. The van der Waals surface area contributed by atoms with Gasteiger partial charge in [-0.25, -0.2) is 0 Å². The first-order valence-electron chi connectivity index (χ1n) is 7.39. The predicted molar refractivity (Wildman–Crippen MR) is 96.4 cm³/mol. The molecule has 0 saturated carbocycles. The Morgan fingerprint density at radius 3 is 0.905 bits per heavy atom. The molecule has 0 atom stereocenters. The molecule has 0 fully saturated rings. The van der Waals surface area contributed by atoms with Gasteiger partial charge in [-0.1, -0.05) is 90.1 Å². The van der Waals surface area contributed by atoms with E-state index in [1.54, 1.807) is 0 Å². The third kappa shape index (κ3) is 4.50. The minimum absolute atomic E-state index is 0. The van der Waals surface area contributed by atoms with Crippen LogP contribution in [0.15, 0.2) is 48.5 Å². The summed E-state index contributed by atoms with van der Waals surface area (Å²) in [5, 5.41) is 0. The molecule has 0 N–H and O–H groups in total. The van der Waals surface area contributed by atoms with E-state index in [1.807, 2.05) is 0 Å². The van der Waals surface area contributed by atoms with Crippen LogP contribution in [0.25, 0.3) is 11.1 Å². The molecule has 0 unspecified atom stereocenters. The predicted octanol–water partition coefficient (Wildman–Crippen LogP) is 5.30. The Hall–Kier alpha value is -0.963. The van der Waals surface area contributed by atoms with Crippen molar-refractivity contribution >= 4 is 18.9 Å². The van der Waals surface area contributed by atoms with Gasteiger partial charge in [-0.3, -0.25) is 0 Å². The normalized spacial score (nSPS) is 11.9. The number of hydrogen-bond acceptors (Lipinski definition) is 0. The molecule has 0 spiro atoms. The standard InChI is InChI=1S/C20H26.Li.H/c1-19(2,3)17-11-7-15(8-12-17)16-9-13-18(14-10-16)20(4,5)6;;/h7-14H,1-6H3;;. The molecular weight excluding hydrogens is 247 g/mol. The first-order valence-corrected chi connectivity index (χ1v) is 7.39. The van der Waals surface area contributed by atoms with Gasteiger partial charge in [-0.2, -0.15) is 0 Å². The molecule has 0 aliphatic heterocycles. The van der Waals surface area contributed by atoms with E-state index in [0.29, 0.717) is 0 Å². The van der Waals surface area contributed by atoms with Crippen molar-refractivity contribution in [3.05, 3.63) is 59.7 Å². The maximum absolute atomic E-state index is 2.25. The molecule has 2 aromatic rings. The molecule has 0 radical (unpaired) electrons. The van der Waals surface area contributed by atoms with E-state index in [9.17, 15) is 0 Å². The van der Waals surface area contributed by atoms with Crippen LogP contribution in [-0.4, -0.2) is 18.9 Å². The first kappa shape index (κ1) is 18.1. The number of benzene rings is 2. The van der Waals surface area contributed by atoms with Crippen LogP contribution in [0, 0.1) is 0 Å². The molecule has 2 rings (SSSR count). The Balaban J connectivity index is 0.00000220. The van der Waals surface area contributed by atoms with Gasteiger partial charge in [0, 0.05) is 0 Å². The summed E-state index contributed by atoms with van der Waals surface area (Å²) >= 11 is 0. The third-order valence-corrected chi connectivity index (χ3v) is 3.84. The summed E-state index contributed by atoms with van der Waals surface area (Å²) < 4.78 is 0. The second kappa shape index (κ2) is 6.43. The van der Waals surface area contributed by atoms with Crippen molar-refractivity contribution in [2.24, 2.45) is 0 Å². The zero-order valence-electron chi connectivity index (χ0n) is 13.6. The van der Waals surface area contributed by atoms with Crippen molar-refractivity contribution in [3.63, 3.8) is 0 Å². The molecule has 2 aromatic carbocycles. The van der Waals surface area contributed by atoms with Crippen molar-refractivity contribution in [3.8, 4) is 11.1 Å². The first-order chi connectivity index (χ1) is 9.18. The van der Waals surface area contributed by atoms with E-state index in [4.69, 9.17) is 0 Å². The summed E-state index contributed by atoms with van der Waals surface area (Å²) in [6, 6.07) is 17.9. The topological polar surface area (TPSA) is 0 Å². The Bertz CT molecular complexity index is 508. The van der Waals surface area contributed by atoms with Crippen LogP contribution >= 0.6 is 0 Å². The summed E-state index contributed by atoms with van der Waals surface area (Å²) in [6.07, 6.45) is 0. The Kier molecular flexibility index (Phi) is 5.54. The average molecular weight is 274 g/mol. The van der Waals surface area contributed by atoms with Gasteiger partial charge < -0.3 is 0 Å². The van der Waals surface area contributed by atoms with Crippen LogP contribution in [0.3, 0.4) is 0 Å². The van der Waals surface area contributed by atoms with E-state index < -0.39 is 0 Å². The van der Waals surface area contributed by atoms with Crippen molar-refractivity contribution in [1.29, 1.82) is 0 Å². The van der Waals surface area contributed by atoms with Crippen LogP contribution in [0.5, 0.6) is 0 Å². The van der Waals surface area contributed by atoms with Gasteiger partial charge in [0.1, 0.15) is 0 Å². The van der Waals surface area contributed by atoms with Gasteiger partial charge in [-0.15, -0.1) is 0 Å². The van der Waals surface area contributed by atoms with Gasteiger partial charge in [-0.05, 0) is 33.1 Å².